The van der Waals surface area contributed by atoms with Gasteiger partial charge >= 0.3 is 6.09 Å². The molecule has 2 N–H and O–H groups in total. The molecule has 296 valence electrons. The summed E-state index contributed by atoms with van der Waals surface area (Å²) in [5.74, 6) is 1.30. The molecule has 0 spiro atoms. The van der Waals surface area contributed by atoms with Crippen LogP contribution in [0.15, 0.2) is 65.9 Å². The fourth-order valence-corrected chi connectivity index (χ4v) is 7.89. The number of imidazole rings is 1. The van der Waals surface area contributed by atoms with Crippen LogP contribution in [0, 0.1) is 11.8 Å². The van der Waals surface area contributed by atoms with Gasteiger partial charge in [0.15, 0.2) is 0 Å². The van der Waals surface area contributed by atoms with Crippen molar-refractivity contribution in [1.29, 1.82) is 0 Å². The molecular weight excluding hydrogens is 777 g/mol. The first-order valence-electron chi connectivity index (χ1n) is 17.7. The molecule has 4 aliphatic rings. The first kappa shape index (κ1) is 47.2. The maximum atomic E-state index is 13.3. The molecule has 0 unspecified atom stereocenters. The van der Waals surface area contributed by atoms with E-state index in [0.717, 1.165) is 84.6 Å². The van der Waals surface area contributed by atoms with Crippen molar-refractivity contribution in [3.8, 4) is 22.4 Å². The number of piperidine rings is 1. The predicted octanol–water partition coefficient (Wildman–Crippen LogP) is 7.33. The van der Waals surface area contributed by atoms with Crippen LogP contribution in [0.2, 0.25) is 0 Å². The molecule has 0 radical (unpaired) electrons. The highest BCUT2D eigenvalue weighted by Gasteiger charge is 2.45. The molecule has 0 saturated carbocycles. The lowest BCUT2D eigenvalue weighted by Crippen LogP contribution is -2.54. The van der Waals surface area contributed by atoms with E-state index in [1.165, 1.54) is 12.7 Å². The van der Waals surface area contributed by atoms with Crippen molar-refractivity contribution in [1.82, 2.24) is 25.1 Å². The van der Waals surface area contributed by atoms with Gasteiger partial charge < -0.3 is 24.8 Å². The standard InChI is InChI=1S/C39H46N6O4.5H2S/c1-23(2)24(3)37(46)44-19-5-6-34(44)32-20-29(21-40-32)27-9-7-25(8-10-27)26-11-13-28(14-12-26)33-22-41-36(42-33)35-18-16-30-15-17-31(38(47)45(30)35)43-39(48)49-4;;;;;/h7-14,21-24,30-31,34-35H,5-6,15-20H2,1-4H3,(H,41,42)(H,43,48);5*1H2/t24-,30-,31-,34-,35-;;;;;/m0...../s1. The van der Waals surface area contributed by atoms with Crippen molar-refractivity contribution >= 4 is 96.7 Å². The molecule has 3 saturated heterocycles. The van der Waals surface area contributed by atoms with Gasteiger partial charge in [-0.2, -0.15) is 67.5 Å². The number of hydrogen-bond donors (Lipinski definition) is 2. The highest BCUT2D eigenvalue weighted by atomic mass is 32.1. The normalized spacial score (nSPS) is 21.9. The summed E-state index contributed by atoms with van der Waals surface area (Å²) < 4.78 is 4.72. The van der Waals surface area contributed by atoms with Gasteiger partial charge in [-0.1, -0.05) is 69.3 Å². The van der Waals surface area contributed by atoms with Crippen LogP contribution in [0.25, 0.3) is 28.0 Å². The Morgan fingerprint density at radius 1 is 0.833 bits per heavy atom. The zero-order valence-corrected chi connectivity index (χ0v) is 36.3. The van der Waals surface area contributed by atoms with Crippen molar-refractivity contribution < 1.29 is 19.1 Å². The lowest BCUT2D eigenvalue weighted by atomic mass is 9.94. The zero-order valence-electron chi connectivity index (χ0n) is 31.3. The molecule has 10 nitrogen and oxygen atoms in total. The monoisotopic (exact) mass is 832 g/mol. The fraction of sp³-hybridized carbons (Fsp3) is 0.462. The van der Waals surface area contributed by atoms with Crippen molar-refractivity contribution in [2.24, 2.45) is 16.8 Å². The van der Waals surface area contributed by atoms with Crippen LogP contribution in [0.1, 0.15) is 83.1 Å². The summed E-state index contributed by atoms with van der Waals surface area (Å²) in [4.78, 5) is 55.2. The minimum atomic E-state index is -0.584. The summed E-state index contributed by atoms with van der Waals surface area (Å²) >= 11 is 0. The topological polar surface area (TPSA) is 120 Å². The number of amides is 3. The van der Waals surface area contributed by atoms with Gasteiger partial charge in [0, 0.05) is 36.8 Å². The highest BCUT2D eigenvalue weighted by molar-refractivity contribution is 7.60. The van der Waals surface area contributed by atoms with Crippen LogP contribution < -0.4 is 5.32 Å². The van der Waals surface area contributed by atoms with E-state index in [9.17, 15) is 14.4 Å². The number of hydrogen-bond acceptors (Lipinski definition) is 6. The van der Waals surface area contributed by atoms with Crippen molar-refractivity contribution in [3.05, 3.63) is 72.3 Å². The van der Waals surface area contributed by atoms with E-state index >= 15 is 0 Å². The summed E-state index contributed by atoms with van der Waals surface area (Å²) in [7, 11) is 1.31. The quantitative estimate of drug-likeness (QED) is 0.247. The number of allylic oxidation sites excluding steroid dienone is 1. The van der Waals surface area contributed by atoms with Crippen LogP contribution in [-0.4, -0.2) is 75.2 Å². The second-order valence-corrected chi connectivity index (χ2v) is 14.3. The van der Waals surface area contributed by atoms with Gasteiger partial charge in [0.05, 0.1) is 31.1 Å². The predicted molar refractivity (Wildman–Crippen MR) is 241 cm³/mol. The molecule has 0 aliphatic carbocycles. The Morgan fingerprint density at radius 2 is 1.44 bits per heavy atom. The molecule has 2 aromatic carbocycles. The SMILES string of the molecule is COC(=O)N[C@H]1CC[C@H]2CC[C@@H](c3ncc(-c4ccc(-c5ccc(C6=CN=C([C@@H]7CCCN7C(=O)[C@@H](C)C(C)C)C6)cc5)cc4)[nH]3)N2C1=O.S.S.S.S.S. The number of rotatable bonds is 8. The van der Waals surface area contributed by atoms with Crippen LogP contribution >= 0.6 is 67.5 Å². The zero-order chi connectivity index (χ0) is 34.2. The van der Waals surface area contributed by atoms with Gasteiger partial charge in [-0.15, -0.1) is 0 Å². The van der Waals surface area contributed by atoms with E-state index in [-0.39, 0.29) is 103 Å². The number of nitrogens with zero attached hydrogens (tertiary/aromatic N) is 4. The number of fused-ring (bicyclic) bond motifs is 1. The Hall–Kier alpha value is -2.98. The van der Waals surface area contributed by atoms with E-state index in [1.807, 2.05) is 24.2 Å². The van der Waals surface area contributed by atoms with Crippen molar-refractivity contribution in [2.75, 3.05) is 13.7 Å². The maximum absolute atomic E-state index is 13.3. The summed E-state index contributed by atoms with van der Waals surface area (Å²) in [6.45, 7) is 7.09. The van der Waals surface area contributed by atoms with Crippen LogP contribution in [-0.2, 0) is 14.3 Å². The highest BCUT2D eigenvalue weighted by Crippen LogP contribution is 2.41. The van der Waals surface area contributed by atoms with Crippen molar-refractivity contribution in [2.45, 2.75) is 89.9 Å². The second kappa shape index (κ2) is 20.3. The Kier molecular flexibility index (Phi) is 17.7. The molecule has 7 rings (SSSR count). The second-order valence-electron chi connectivity index (χ2n) is 14.3. The molecule has 3 aromatic rings. The van der Waals surface area contributed by atoms with Gasteiger partial charge in [0.1, 0.15) is 11.9 Å². The average molecular weight is 833 g/mol. The molecule has 3 fully saturated rings. The lowest BCUT2D eigenvalue weighted by Gasteiger charge is -2.37. The Labute approximate surface area is 354 Å². The Bertz CT molecular complexity index is 1800. The van der Waals surface area contributed by atoms with Crippen LogP contribution in [0.3, 0.4) is 0 Å². The molecule has 5 atom stereocenters. The maximum Gasteiger partial charge on any atom is 0.407 e. The third-order valence-electron chi connectivity index (χ3n) is 11.1. The number of likely N-dealkylation sites (tertiary alicyclic amines) is 1. The van der Waals surface area contributed by atoms with Crippen molar-refractivity contribution in [3.63, 3.8) is 0 Å². The molecule has 54 heavy (non-hydrogen) atoms. The third-order valence-corrected chi connectivity index (χ3v) is 11.1. The van der Waals surface area contributed by atoms with Gasteiger partial charge in [0.2, 0.25) is 11.8 Å². The number of ether oxygens (including phenoxy) is 1. The van der Waals surface area contributed by atoms with Gasteiger partial charge in [-0.25, -0.2) is 9.78 Å². The molecular formula is C39H56N6O4S5. The van der Waals surface area contributed by atoms with Gasteiger partial charge in [-0.05, 0) is 72.3 Å². The minimum absolute atomic E-state index is 0. The molecule has 5 heterocycles. The number of carbonyl (C=O) groups excluding carboxylic acids is 3. The Morgan fingerprint density at radius 3 is 2.07 bits per heavy atom. The van der Waals surface area contributed by atoms with E-state index in [1.54, 1.807) is 0 Å². The molecule has 0 bridgehead atoms. The smallest absolute Gasteiger partial charge is 0.407 e. The van der Waals surface area contributed by atoms with E-state index in [2.05, 4.69) is 77.6 Å². The third kappa shape index (κ3) is 9.51. The first-order valence-corrected chi connectivity index (χ1v) is 17.7. The van der Waals surface area contributed by atoms with Crippen LogP contribution in [0.4, 0.5) is 4.79 Å². The molecule has 3 amide bonds. The van der Waals surface area contributed by atoms with E-state index in [0.29, 0.717) is 12.3 Å². The molecule has 4 aliphatic heterocycles. The van der Waals surface area contributed by atoms with E-state index in [4.69, 9.17) is 14.7 Å². The number of methoxy groups -OCH3 is 1. The number of nitrogens with one attached hydrogen (secondary N) is 2. The summed E-state index contributed by atoms with van der Waals surface area (Å²) in [5, 5.41) is 2.69. The summed E-state index contributed by atoms with van der Waals surface area (Å²) in [5.41, 5.74) is 7.63. The number of carbonyl (C=O) groups is 3. The summed E-state index contributed by atoms with van der Waals surface area (Å²) in [6, 6.07) is 16.6. The number of alkyl carbamates (subject to hydrolysis) is 1. The molecule has 15 heteroatoms. The van der Waals surface area contributed by atoms with Gasteiger partial charge in [0.25, 0.3) is 0 Å². The van der Waals surface area contributed by atoms with E-state index < -0.39 is 12.1 Å². The largest absolute Gasteiger partial charge is 0.453 e. The molecule has 1 aromatic heterocycles. The Balaban J connectivity index is 0.00000202. The first-order chi connectivity index (χ1) is 23.7. The number of aliphatic imine (C=N–C) groups is 1. The minimum Gasteiger partial charge on any atom is -0.453 e. The lowest BCUT2D eigenvalue weighted by molar-refractivity contribution is -0.139. The van der Waals surface area contributed by atoms with Crippen LogP contribution in [0.5, 0.6) is 0 Å². The summed E-state index contributed by atoms with van der Waals surface area (Å²) in [6.07, 6.45) is 9.26. The number of aromatic nitrogens is 2. The number of H-pyrrole nitrogens is 1. The fourth-order valence-electron chi connectivity index (χ4n) is 7.89. The number of aromatic amines is 1. The number of benzene rings is 2. The van der Waals surface area contributed by atoms with Gasteiger partial charge in [-0.3, -0.25) is 14.6 Å². The average Bonchev–Trinajstić information content (AvgIpc) is 3.95.